The van der Waals surface area contributed by atoms with E-state index in [2.05, 4.69) is 15.4 Å². The van der Waals surface area contributed by atoms with Gasteiger partial charge in [0.2, 0.25) is 15.9 Å². The van der Waals surface area contributed by atoms with Crippen molar-refractivity contribution in [1.29, 1.82) is 0 Å². The van der Waals surface area contributed by atoms with Crippen molar-refractivity contribution in [3.05, 3.63) is 29.8 Å². The predicted octanol–water partition coefficient (Wildman–Crippen LogP) is -0.311. The first kappa shape index (κ1) is 13.8. The molecule has 1 aliphatic rings. The van der Waals surface area contributed by atoms with Crippen LogP contribution in [0.4, 0.5) is 5.69 Å². The Morgan fingerprint density at radius 3 is 2.79 bits per heavy atom. The molecule has 0 aromatic heterocycles. The molecule has 3 N–H and O–H groups in total. The molecule has 104 valence electrons. The Bertz CT molecular complexity index is 546. The van der Waals surface area contributed by atoms with Crippen molar-refractivity contribution in [3.63, 3.8) is 0 Å². The first-order valence-electron chi connectivity index (χ1n) is 6.02. The summed E-state index contributed by atoms with van der Waals surface area (Å²) < 4.78 is 24.0. The molecule has 0 fully saturated rings. The number of sulfonamides is 1. The maximum Gasteiger partial charge on any atom is 0.242 e. The Kier molecular flexibility index (Phi) is 4.06. The number of anilines is 1. The molecule has 1 aromatic carbocycles. The average Bonchev–Trinajstić information content (AvgIpc) is 2.77. The van der Waals surface area contributed by atoms with E-state index in [9.17, 15) is 13.2 Å². The van der Waals surface area contributed by atoms with Crippen LogP contribution in [0, 0.1) is 0 Å². The lowest BCUT2D eigenvalue weighted by molar-refractivity contribution is -0.121. The zero-order chi connectivity index (χ0) is 13.9. The number of nitrogens with one attached hydrogen (secondary N) is 3. The molecule has 1 aromatic rings. The molecule has 0 saturated carbocycles. The van der Waals surface area contributed by atoms with E-state index in [1.165, 1.54) is 0 Å². The molecule has 6 nitrogen and oxygen atoms in total. The second-order valence-corrected chi connectivity index (χ2v) is 6.35. The molecular formula is C12H17N3O3S. The zero-order valence-electron chi connectivity index (χ0n) is 10.6. The van der Waals surface area contributed by atoms with Crippen LogP contribution in [0.15, 0.2) is 24.3 Å². The third-order valence-corrected chi connectivity index (χ3v) is 3.60. The molecule has 1 heterocycles. The third-order valence-electron chi connectivity index (χ3n) is 2.88. The van der Waals surface area contributed by atoms with Gasteiger partial charge in [-0.2, -0.15) is 0 Å². The monoisotopic (exact) mass is 283 g/mol. The standard InChI is InChI=1S/C12H17N3O3S/c1-19(17,18)14-7-6-13-12(16)11-8-9-4-2-3-5-10(9)15-11/h2-5,11,14-15H,6-8H2,1H3,(H,13,16)/t11-/m0/s1. The highest BCUT2D eigenvalue weighted by molar-refractivity contribution is 7.88. The fourth-order valence-corrected chi connectivity index (χ4v) is 2.47. The van der Waals surface area contributed by atoms with Crippen LogP contribution in [0.25, 0.3) is 0 Å². The fraction of sp³-hybridized carbons (Fsp3) is 0.417. The van der Waals surface area contributed by atoms with Gasteiger partial charge in [-0.25, -0.2) is 13.1 Å². The van der Waals surface area contributed by atoms with Gasteiger partial charge in [0.05, 0.1) is 6.26 Å². The summed E-state index contributed by atoms with van der Waals surface area (Å²) in [6, 6.07) is 7.50. The van der Waals surface area contributed by atoms with Gasteiger partial charge in [-0.05, 0) is 11.6 Å². The van der Waals surface area contributed by atoms with Gasteiger partial charge in [0.25, 0.3) is 0 Å². The van der Waals surface area contributed by atoms with Gasteiger partial charge in [-0.1, -0.05) is 18.2 Å². The minimum Gasteiger partial charge on any atom is -0.373 e. The number of benzene rings is 1. The van der Waals surface area contributed by atoms with Crippen LogP contribution in [0.2, 0.25) is 0 Å². The average molecular weight is 283 g/mol. The van der Waals surface area contributed by atoms with Crippen molar-refractivity contribution in [2.75, 3.05) is 24.7 Å². The van der Waals surface area contributed by atoms with E-state index in [-0.39, 0.29) is 25.0 Å². The summed E-state index contributed by atoms with van der Waals surface area (Å²) >= 11 is 0. The first-order valence-corrected chi connectivity index (χ1v) is 7.91. The molecule has 0 saturated heterocycles. The van der Waals surface area contributed by atoms with Crippen LogP contribution in [-0.4, -0.2) is 39.7 Å². The van der Waals surface area contributed by atoms with Crippen LogP contribution in [-0.2, 0) is 21.2 Å². The van der Waals surface area contributed by atoms with E-state index in [1.807, 2.05) is 24.3 Å². The second kappa shape index (κ2) is 5.58. The van der Waals surface area contributed by atoms with Gasteiger partial charge in [-0.3, -0.25) is 4.79 Å². The summed E-state index contributed by atoms with van der Waals surface area (Å²) in [6.45, 7) is 0.477. The quantitative estimate of drug-likeness (QED) is 0.647. The van der Waals surface area contributed by atoms with Gasteiger partial charge >= 0.3 is 0 Å². The molecule has 2 rings (SSSR count). The summed E-state index contributed by atoms with van der Waals surface area (Å²) in [4.78, 5) is 11.9. The highest BCUT2D eigenvalue weighted by Gasteiger charge is 2.25. The van der Waals surface area contributed by atoms with Crippen molar-refractivity contribution >= 4 is 21.6 Å². The van der Waals surface area contributed by atoms with Crippen molar-refractivity contribution in [2.45, 2.75) is 12.5 Å². The number of fused-ring (bicyclic) bond motifs is 1. The SMILES string of the molecule is CS(=O)(=O)NCCNC(=O)[C@@H]1Cc2ccccc2N1. The Balaban J connectivity index is 1.77. The summed E-state index contributed by atoms with van der Waals surface area (Å²) in [5, 5.41) is 5.84. The van der Waals surface area contributed by atoms with Gasteiger partial charge < -0.3 is 10.6 Å². The van der Waals surface area contributed by atoms with E-state index < -0.39 is 10.0 Å². The van der Waals surface area contributed by atoms with Gasteiger partial charge in [0.15, 0.2) is 0 Å². The van der Waals surface area contributed by atoms with E-state index in [0.717, 1.165) is 17.5 Å². The fourth-order valence-electron chi connectivity index (χ4n) is 2.00. The van der Waals surface area contributed by atoms with E-state index in [0.29, 0.717) is 6.42 Å². The molecule has 7 heteroatoms. The third kappa shape index (κ3) is 3.93. The number of para-hydroxylation sites is 1. The van der Waals surface area contributed by atoms with Crippen LogP contribution in [0.5, 0.6) is 0 Å². The number of rotatable bonds is 5. The Labute approximate surface area is 112 Å². The first-order chi connectivity index (χ1) is 8.96. The van der Waals surface area contributed by atoms with Crippen molar-refractivity contribution < 1.29 is 13.2 Å². The molecule has 0 aliphatic carbocycles. The van der Waals surface area contributed by atoms with Crippen molar-refractivity contribution in [3.8, 4) is 0 Å². The van der Waals surface area contributed by atoms with Gasteiger partial charge in [-0.15, -0.1) is 0 Å². The Hall–Kier alpha value is -1.60. The van der Waals surface area contributed by atoms with Crippen molar-refractivity contribution in [2.24, 2.45) is 0 Å². The topological polar surface area (TPSA) is 87.3 Å². The minimum atomic E-state index is -3.20. The normalized spacial score (nSPS) is 17.6. The predicted molar refractivity (Wildman–Crippen MR) is 73.4 cm³/mol. The molecule has 0 radical (unpaired) electrons. The molecule has 0 unspecified atom stereocenters. The number of hydrogen-bond acceptors (Lipinski definition) is 4. The number of carbonyl (C=O) groups is 1. The van der Waals surface area contributed by atoms with Gasteiger partial charge in [0, 0.05) is 25.2 Å². The maximum absolute atomic E-state index is 11.9. The van der Waals surface area contributed by atoms with E-state index in [4.69, 9.17) is 0 Å². The van der Waals surface area contributed by atoms with Crippen molar-refractivity contribution in [1.82, 2.24) is 10.0 Å². The highest BCUT2D eigenvalue weighted by Crippen LogP contribution is 2.24. The van der Waals surface area contributed by atoms with Crippen LogP contribution in [0.3, 0.4) is 0 Å². The molecule has 1 amide bonds. The summed E-state index contributed by atoms with van der Waals surface area (Å²) in [5.74, 6) is -0.119. The lowest BCUT2D eigenvalue weighted by atomic mass is 10.1. The molecule has 0 bridgehead atoms. The molecule has 19 heavy (non-hydrogen) atoms. The summed E-state index contributed by atoms with van der Waals surface area (Å²) in [7, 11) is -3.20. The molecule has 1 atom stereocenters. The van der Waals surface area contributed by atoms with Crippen LogP contribution >= 0.6 is 0 Å². The lowest BCUT2D eigenvalue weighted by Gasteiger charge is -2.11. The van der Waals surface area contributed by atoms with E-state index in [1.54, 1.807) is 0 Å². The number of hydrogen-bond donors (Lipinski definition) is 3. The van der Waals surface area contributed by atoms with Crippen LogP contribution in [0.1, 0.15) is 5.56 Å². The van der Waals surface area contributed by atoms with Crippen LogP contribution < -0.4 is 15.4 Å². The number of carbonyl (C=O) groups excluding carboxylic acids is 1. The summed E-state index contributed by atoms with van der Waals surface area (Å²) in [6.07, 6.45) is 1.74. The largest absolute Gasteiger partial charge is 0.373 e. The maximum atomic E-state index is 11.9. The zero-order valence-corrected chi connectivity index (χ0v) is 11.5. The number of amides is 1. The van der Waals surface area contributed by atoms with E-state index >= 15 is 0 Å². The molecule has 0 spiro atoms. The smallest absolute Gasteiger partial charge is 0.242 e. The Morgan fingerprint density at radius 1 is 1.37 bits per heavy atom. The second-order valence-electron chi connectivity index (χ2n) is 4.52. The summed E-state index contributed by atoms with van der Waals surface area (Å²) in [5.41, 5.74) is 2.11. The highest BCUT2D eigenvalue weighted by atomic mass is 32.2. The molecule has 1 aliphatic heterocycles. The van der Waals surface area contributed by atoms with Gasteiger partial charge in [0.1, 0.15) is 6.04 Å². The lowest BCUT2D eigenvalue weighted by Crippen LogP contribution is -2.41. The molecular weight excluding hydrogens is 266 g/mol. The Morgan fingerprint density at radius 2 is 2.11 bits per heavy atom. The minimum absolute atomic E-state index is 0.119.